The SMILES string of the molecule is Cc1ccc(C(=O)N2CCc3nc(NC(C)C)nc(NC4CC4)c3C2)cn1. The molecule has 1 saturated carbocycles. The summed E-state index contributed by atoms with van der Waals surface area (Å²) in [5.41, 5.74) is 3.60. The van der Waals surface area contributed by atoms with Gasteiger partial charge in [-0.1, -0.05) is 0 Å². The van der Waals surface area contributed by atoms with Crippen LogP contribution >= 0.6 is 0 Å². The molecule has 2 aromatic heterocycles. The van der Waals surface area contributed by atoms with Gasteiger partial charge in [0.2, 0.25) is 5.95 Å². The molecule has 1 aliphatic carbocycles. The molecule has 142 valence electrons. The fourth-order valence-electron chi connectivity index (χ4n) is 3.23. The van der Waals surface area contributed by atoms with Crippen LogP contribution in [0.25, 0.3) is 0 Å². The Kier molecular flexibility index (Phi) is 4.68. The summed E-state index contributed by atoms with van der Waals surface area (Å²) in [6.45, 7) is 7.25. The number of aryl methyl sites for hydroxylation is 1. The van der Waals surface area contributed by atoms with E-state index in [1.54, 1.807) is 6.20 Å². The Morgan fingerprint density at radius 2 is 2.07 bits per heavy atom. The number of rotatable bonds is 5. The highest BCUT2D eigenvalue weighted by atomic mass is 16.2. The van der Waals surface area contributed by atoms with Crippen LogP contribution in [0.3, 0.4) is 0 Å². The fourth-order valence-corrected chi connectivity index (χ4v) is 3.23. The van der Waals surface area contributed by atoms with Gasteiger partial charge >= 0.3 is 0 Å². The van der Waals surface area contributed by atoms with Gasteiger partial charge in [0.15, 0.2) is 0 Å². The molecule has 0 spiro atoms. The minimum Gasteiger partial charge on any atom is -0.367 e. The van der Waals surface area contributed by atoms with Crippen LogP contribution in [0.1, 0.15) is 54.0 Å². The molecule has 0 radical (unpaired) electrons. The van der Waals surface area contributed by atoms with Gasteiger partial charge in [-0.25, -0.2) is 4.98 Å². The van der Waals surface area contributed by atoms with Crippen molar-refractivity contribution < 1.29 is 4.79 Å². The summed E-state index contributed by atoms with van der Waals surface area (Å²) in [5.74, 6) is 1.54. The van der Waals surface area contributed by atoms with Gasteiger partial charge in [0.05, 0.1) is 17.8 Å². The zero-order chi connectivity index (χ0) is 19.0. The Balaban J connectivity index is 1.60. The molecule has 1 amide bonds. The van der Waals surface area contributed by atoms with Gasteiger partial charge in [-0.2, -0.15) is 4.98 Å². The van der Waals surface area contributed by atoms with E-state index in [4.69, 9.17) is 9.97 Å². The number of anilines is 2. The molecule has 4 rings (SSSR count). The van der Waals surface area contributed by atoms with Crippen LogP contribution in [-0.2, 0) is 13.0 Å². The smallest absolute Gasteiger partial charge is 0.255 e. The van der Waals surface area contributed by atoms with E-state index in [1.807, 2.05) is 24.0 Å². The second kappa shape index (κ2) is 7.13. The van der Waals surface area contributed by atoms with Gasteiger partial charge in [0.25, 0.3) is 5.91 Å². The van der Waals surface area contributed by atoms with Gasteiger partial charge < -0.3 is 15.5 Å². The monoisotopic (exact) mass is 366 g/mol. The van der Waals surface area contributed by atoms with Gasteiger partial charge in [0.1, 0.15) is 5.82 Å². The molecule has 0 aromatic carbocycles. The Bertz CT molecular complexity index is 844. The van der Waals surface area contributed by atoms with Crippen molar-refractivity contribution in [2.24, 2.45) is 0 Å². The lowest BCUT2D eigenvalue weighted by atomic mass is 10.0. The molecule has 0 saturated heterocycles. The molecule has 0 bridgehead atoms. The second-order valence-corrected chi connectivity index (χ2v) is 7.70. The van der Waals surface area contributed by atoms with Crippen molar-refractivity contribution in [3.8, 4) is 0 Å². The zero-order valence-corrected chi connectivity index (χ0v) is 16.1. The number of carbonyl (C=O) groups excluding carboxylic acids is 1. The predicted molar refractivity (Wildman–Crippen MR) is 105 cm³/mol. The first-order valence-corrected chi connectivity index (χ1v) is 9.64. The lowest BCUT2D eigenvalue weighted by Crippen LogP contribution is -2.37. The minimum atomic E-state index is 0.00917. The molecule has 1 fully saturated rings. The number of nitrogens with zero attached hydrogens (tertiary/aromatic N) is 4. The van der Waals surface area contributed by atoms with Crippen LogP contribution in [0.4, 0.5) is 11.8 Å². The lowest BCUT2D eigenvalue weighted by molar-refractivity contribution is 0.0733. The maximum absolute atomic E-state index is 12.9. The Hall–Kier alpha value is -2.70. The average molecular weight is 366 g/mol. The van der Waals surface area contributed by atoms with Crippen LogP contribution in [0.15, 0.2) is 18.3 Å². The Morgan fingerprint density at radius 1 is 1.26 bits per heavy atom. The number of amides is 1. The topological polar surface area (TPSA) is 83.0 Å². The van der Waals surface area contributed by atoms with Crippen molar-refractivity contribution in [1.29, 1.82) is 0 Å². The van der Waals surface area contributed by atoms with Crippen molar-refractivity contribution in [2.75, 3.05) is 17.2 Å². The van der Waals surface area contributed by atoms with Crippen molar-refractivity contribution in [2.45, 2.75) is 58.7 Å². The van der Waals surface area contributed by atoms with Crippen molar-refractivity contribution in [3.05, 3.63) is 40.8 Å². The lowest BCUT2D eigenvalue weighted by Gasteiger charge is -2.30. The van der Waals surface area contributed by atoms with Gasteiger partial charge in [-0.3, -0.25) is 9.78 Å². The number of hydrogen-bond donors (Lipinski definition) is 2. The van der Waals surface area contributed by atoms with Crippen LogP contribution < -0.4 is 10.6 Å². The second-order valence-electron chi connectivity index (χ2n) is 7.70. The summed E-state index contributed by atoms with van der Waals surface area (Å²) in [6, 6.07) is 4.48. The van der Waals surface area contributed by atoms with E-state index in [0.29, 0.717) is 30.6 Å². The zero-order valence-electron chi connectivity index (χ0n) is 16.1. The predicted octanol–water partition coefficient (Wildman–Crippen LogP) is 2.77. The molecule has 7 heteroatoms. The molecular formula is C20H26N6O. The molecule has 3 heterocycles. The first-order valence-electron chi connectivity index (χ1n) is 9.64. The highest BCUT2D eigenvalue weighted by Crippen LogP contribution is 2.31. The van der Waals surface area contributed by atoms with Crippen LogP contribution in [0.5, 0.6) is 0 Å². The summed E-state index contributed by atoms with van der Waals surface area (Å²) in [6.07, 6.45) is 4.73. The molecule has 1 aliphatic heterocycles. The first-order chi connectivity index (χ1) is 13.0. The molecular weight excluding hydrogens is 340 g/mol. The molecule has 0 unspecified atom stereocenters. The number of carbonyl (C=O) groups is 1. The van der Waals surface area contributed by atoms with Crippen molar-refractivity contribution >= 4 is 17.7 Å². The number of aromatic nitrogens is 3. The minimum absolute atomic E-state index is 0.00917. The maximum atomic E-state index is 12.9. The highest BCUT2D eigenvalue weighted by Gasteiger charge is 2.29. The van der Waals surface area contributed by atoms with Gasteiger partial charge in [-0.05, 0) is 45.7 Å². The normalized spacial score (nSPS) is 16.2. The third-order valence-corrected chi connectivity index (χ3v) is 4.84. The summed E-state index contributed by atoms with van der Waals surface area (Å²) >= 11 is 0. The maximum Gasteiger partial charge on any atom is 0.255 e. The van der Waals surface area contributed by atoms with E-state index in [-0.39, 0.29) is 11.9 Å². The Labute approximate surface area is 159 Å². The van der Waals surface area contributed by atoms with Crippen LogP contribution in [-0.4, -0.2) is 44.4 Å². The number of fused-ring (bicyclic) bond motifs is 1. The van der Waals surface area contributed by atoms with E-state index in [1.165, 1.54) is 12.8 Å². The van der Waals surface area contributed by atoms with E-state index in [9.17, 15) is 4.79 Å². The molecule has 2 aromatic rings. The summed E-state index contributed by atoms with van der Waals surface area (Å²) in [5, 5.41) is 6.83. The fraction of sp³-hybridized carbons (Fsp3) is 0.500. The quantitative estimate of drug-likeness (QED) is 0.847. The largest absolute Gasteiger partial charge is 0.367 e. The van der Waals surface area contributed by atoms with E-state index in [2.05, 4.69) is 29.5 Å². The van der Waals surface area contributed by atoms with Crippen molar-refractivity contribution in [3.63, 3.8) is 0 Å². The van der Waals surface area contributed by atoms with E-state index < -0.39 is 0 Å². The van der Waals surface area contributed by atoms with Gasteiger partial charge in [-0.15, -0.1) is 0 Å². The summed E-state index contributed by atoms with van der Waals surface area (Å²) < 4.78 is 0. The van der Waals surface area contributed by atoms with Crippen molar-refractivity contribution in [1.82, 2.24) is 19.9 Å². The third-order valence-electron chi connectivity index (χ3n) is 4.84. The number of hydrogen-bond acceptors (Lipinski definition) is 6. The molecule has 7 nitrogen and oxygen atoms in total. The molecule has 0 atom stereocenters. The van der Waals surface area contributed by atoms with E-state index >= 15 is 0 Å². The standard InChI is InChI=1S/C20H26N6O/c1-12(2)22-20-24-17-8-9-26(19(27)14-5-4-13(3)21-10-14)11-16(17)18(25-20)23-15-6-7-15/h4-5,10,12,15H,6-9,11H2,1-3H3,(H2,22,23,24,25). The van der Waals surface area contributed by atoms with E-state index in [0.717, 1.165) is 29.2 Å². The third kappa shape index (κ3) is 4.02. The number of pyridine rings is 1. The highest BCUT2D eigenvalue weighted by molar-refractivity contribution is 5.94. The molecule has 2 N–H and O–H groups in total. The summed E-state index contributed by atoms with van der Waals surface area (Å²) in [4.78, 5) is 28.4. The Morgan fingerprint density at radius 3 is 2.74 bits per heavy atom. The van der Waals surface area contributed by atoms with Crippen LogP contribution in [0.2, 0.25) is 0 Å². The van der Waals surface area contributed by atoms with Crippen LogP contribution in [0, 0.1) is 6.92 Å². The first kappa shape index (κ1) is 17.7. The van der Waals surface area contributed by atoms with Gasteiger partial charge in [0, 0.05) is 42.5 Å². The molecule has 27 heavy (non-hydrogen) atoms. The number of nitrogens with one attached hydrogen (secondary N) is 2. The molecule has 2 aliphatic rings. The average Bonchev–Trinajstić information content (AvgIpc) is 3.45. The summed E-state index contributed by atoms with van der Waals surface area (Å²) in [7, 11) is 0.